The van der Waals surface area contributed by atoms with Crippen LogP contribution in [0.1, 0.15) is 19.4 Å². The Kier molecular flexibility index (Phi) is 7.76. The van der Waals surface area contributed by atoms with Crippen LogP contribution in [-0.4, -0.2) is 41.1 Å². The molecule has 9 heteroatoms. The smallest absolute Gasteiger partial charge is 0.250 e. The van der Waals surface area contributed by atoms with E-state index in [2.05, 4.69) is 43.1 Å². The Labute approximate surface area is 186 Å². The van der Waals surface area contributed by atoms with Gasteiger partial charge in [-0.3, -0.25) is 4.79 Å². The molecule has 0 bridgehead atoms. The molecule has 0 aliphatic heterocycles. The Morgan fingerprint density at radius 1 is 1.28 bits per heavy atom. The van der Waals surface area contributed by atoms with Crippen LogP contribution in [0.25, 0.3) is 11.0 Å². The Balaban J connectivity index is 1.57. The molecule has 3 aromatic rings. The van der Waals surface area contributed by atoms with E-state index < -0.39 is 0 Å². The number of fused-ring (bicyclic) bond motifs is 1. The molecule has 1 amide bonds. The number of rotatable bonds is 9. The monoisotopic (exact) mass is 524 g/mol. The molecule has 0 atom stereocenters. The SMILES string of the molecule is CCOc1cc(/C=N\NC(=O)CSc2nc3ccccc3[nH]2)cc(I)c1OCC. The van der Waals surface area contributed by atoms with Gasteiger partial charge in [0.05, 0.1) is 39.8 Å². The molecule has 0 aliphatic carbocycles. The molecule has 3 rings (SSSR count). The summed E-state index contributed by atoms with van der Waals surface area (Å²) in [6.07, 6.45) is 1.59. The highest BCUT2D eigenvalue weighted by Gasteiger charge is 2.11. The summed E-state index contributed by atoms with van der Waals surface area (Å²) in [5, 5.41) is 4.75. The maximum Gasteiger partial charge on any atom is 0.250 e. The van der Waals surface area contributed by atoms with Crippen LogP contribution in [0.15, 0.2) is 46.7 Å². The second-order valence-corrected chi connectivity index (χ2v) is 7.96. The second kappa shape index (κ2) is 10.5. The van der Waals surface area contributed by atoms with Crippen molar-refractivity contribution in [3.05, 3.63) is 45.5 Å². The number of benzene rings is 2. The molecule has 1 heterocycles. The molecule has 29 heavy (non-hydrogen) atoms. The van der Waals surface area contributed by atoms with E-state index in [1.165, 1.54) is 11.8 Å². The number of hydrogen-bond acceptors (Lipinski definition) is 6. The summed E-state index contributed by atoms with van der Waals surface area (Å²) in [5.41, 5.74) is 5.18. The lowest BCUT2D eigenvalue weighted by molar-refractivity contribution is -0.118. The molecular weight excluding hydrogens is 503 g/mol. The second-order valence-electron chi connectivity index (χ2n) is 5.84. The van der Waals surface area contributed by atoms with Gasteiger partial charge in [-0.15, -0.1) is 0 Å². The number of aromatic nitrogens is 2. The quantitative estimate of drug-likeness (QED) is 0.190. The van der Waals surface area contributed by atoms with Crippen LogP contribution in [0.4, 0.5) is 0 Å². The van der Waals surface area contributed by atoms with Gasteiger partial charge in [0.25, 0.3) is 5.91 Å². The van der Waals surface area contributed by atoms with Gasteiger partial charge in [-0.25, -0.2) is 10.4 Å². The number of carbonyl (C=O) groups excluding carboxylic acids is 1. The number of H-pyrrole nitrogens is 1. The average molecular weight is 524 g/mol. The van der Waals surface area contributed by atoms with E-state index in [0.29, 0.717) is 24.1 Å². The van der Waals surface area contributed by atoms with E-state index in [1.54, 1.807) is 6.21 Å². The van der Waals surface area contributed by atoms with Crippen molar-refractivity contribution < 1.29 is 14.3 Å². The van der Waals surface area contributed by atoms with Crippen LogP contribution in [0, 0.1) is 3.57 Å². The molecule has 2 aromatic carbocycles. The van der Waals surface area contributed by atoms with Crippen LogP contribution in [0.3, 0.4) is 0 Å². The fourth-order valence-corrected chi connectivity index (χ4v) is 4.01. The van der Waals surface area contributed by atoms with Crippen LogP contribution >= 0.6 is 34.4 Å². The predicted molar refractivity (Wildman–Crippen MR) is 124 cm³/mol. The van der Waals surface area contributed by atoms with E-state index in [9.17, 15) is 4.79 Å². The number of aromatic amines is 1. The summed E-state index contributed by atoms with van der Waals surface area (Å²) < 4.78 is 12.2. The van der Waals surface area contributed by atoms with E-state index in [0.717, 1.165) is 25.9 Å². The lowest BCUT2D eigenvalue weighted by Crippen LogP contribution is -2.19. The first kappa shape index (κ1) is 21.4. The van der Waals surface area contributed by atoms with Gasteiger partial charge in [-0.2, -0.15) is 5.10 Å². The van der Waals surface area contributed by atoms with Gasteiger partial charge in [-0.05, 0) is 66.3 Å². The van der Waals surface area contributed by atoms with Gasteiger partial charge in [0, 0.05) is 0 Å². The van der Waals surface area contributed by atoms with E-state index in [-0.39, 0.29) is 11.7 Å². The van der Waals surface area contributed by atoms with Gasteiger partial charge in [0.1, 0.15) is 0 Å². The maximum atomic E-state index is 12.1. The molecule has 2 N–H and O–H groups in total. The van der Waals surface area contributed by atoms with Crippen molar-refractivity contribution in [2.45, 2.75) is 19.0 Å². The summed E-state index contributed by atoms with van der Waals surface area (Å²) in [6.45, 7) is 4.94. The summed E-state index contributed by atoms with van der Waals surface area (Å²) in [4.78, 5) is 19.7. The Morgan fingerprint density at radius 2 is 2.07 bits per heavy atom. The summed E-state index contributed by atoms with van der Waals surface area (Å²) in [5.74, 6) is 1.38. The number of para-hydroxylation sites is 2. The first-order valence-electron chi connectivity index (χ1n) is 9.09. The molecule has 1 aromatic heterocycles. The standard InChI is InChI=1S/C20H21IN4O3S/c1-3-27-17-10-13(9-14(21)19(17)28-4-2)11-22-25-18(26)12-29-20-23-15-7-5-6-8-16(15)24-20/h5-11H,3-4,12H2,1-2H3,(H,23,24)(H,25,26)/b22-11-. The topological polar surface area (TPSA) is 88.6 Å². The Morgan fingerprint density at radius 3 is 2.83 bits per heavy atom. The number of carbonyl (C=O) groups is 1. The highest BCUT2D eigenvalue weighted by atomic mass is 127. The molecule has 7 nitrogen and oxygen atoms in total. The summed E-state index contributed by atoms with van der Waals surface area (Å²) in [6, 6.07) is 11.5. The molecule has 0 spiro atoms. The van der Waals surface area contributed by atoms with Crippen molar-refractivity contribution in [2.24, 2.45) is 5.10 Å². The van der Waals surface area contributed by atoms with Crippen LogP contribution in [-0.2, 0) is 4.79 Å². The number of ether oxygens (including phenoxy) is 2. The number of nitrogens with zero attached hydrogens (tertiary/aromatic N) is 2. The van der Waals surface area contributed by atoms with Crippen LogP contribution in [0.5, 0.6) is 11.5 Å². The van der Waals surface area contributed by atoms with Gasteiger partial charge in [-0.1, -0.05) is 23.9 Å². The lowest BCUT2D eigenvalue weighted by atomic mass is 10.2. The van der Waals surface area contributed by atoms with Crippen molar-refractivity contribution in [1.29, 1.82) is 0 Å². The van der Waals surface area contributed by atoms with Crippen molar-refractivity contribution in [2.75, 3.05) is 19.0 Å². The zero-order valence-corrected chi connectivity index (χ0v) is 19.0. The number of hydrazone groups is 1. The molecule has 0 saturated carbocycles. The first-order valence-corrected chi connectivity index (χ1v) is 11.2. The first-order chi connectivity index (χ1) is 14.1. The number of hydrogen-bond donors (Lipinski definition) is 2. The van der Waals surface area contributed by atoms with Gasteiger partial charge in [0.2, 0.25) is 0 Å². The third-order valence-corrected chi connectivity index (χ3v) is 5.41. The molecule has 0 radical (unpaired) electrons. The van der Waals surface area contributed by atoms with E-state index in [1.807, 2.05) is 50.2 Å². The fourth-order valence-electron chi connectivity index (χ4n) is 2.55. The van der Waals surface area contributed by atoms with Crippen molar-refractivity contribution in [3.8, 4) is 11.5 Å². The number of halogens is 1. The van der Waals surface area contributed by atoms with Crippen molar-refractivity contribution in [3.63, 3.8) is 0 Å². The Hall–Kier alpha value is -2.27. The maximum absolute atomic E-state index is 12.1. The number of imidazole rings is 1. The highest BCUT2D eigenvalue weighted by molar-refractivity contribution is 14.1. The largest absolute Gasteiger partial charge is 0.490 e. The zero-order valence-electron chi connectivity index (χ0n) is 16.1. The highest BCUT2D eigenvalue weighted by Crippen LogP contribution is 2.33. The fraction of sp³-hybridized carbons (Fsp3) is 0.250. The number of thioether (sulfide) groups is 1. The Bertz CT molecular complexity index is 989. The molecular formula is C20H21IN4O3S. The molecule has 0 fully saturated rings. The third-order valence-electron chi connectivity index (χ3n) is 3.73. The number of nitrogens with one attached hydrogen (secondary N) is 2. The molecule has 152 valence electrons. The normalized spacial score (nSPS) is 11.1. The third kappa shape index (κ3) is 5.86. The van der Waals surface area contributed by atoms with Gasteiger partial charge >= 0.3 is 0 Å². The minimum atomic E-state index is -0.211. The minimum absolute atomic E-state index is 0.210. The minimum Gasteiger partial charge on any atom is -0.490 e. The van der Waals surface area contributed by atoms with Gasteiger partial charge in [0.15, 0.2) is 16.7 Å². The predicted octanol–water partition coefficient (Wildman–Crippen LogP) is 4.21. The lowest BCUT2D eigenvalue weighted by Gasteiger charge is -2.13. The van der Waals surface area contributed by atoms with Crippen LogP contribution in [0.2, 0.25) is 0 Å². The van der Waals surface area contributed by atoms with Crippen molar-refractivity contribution >= 4 is 57.5 Å². The number of amides is 1. The molecule has 0 aliphatic rings. The van der Waals surface area contributed by atoms with E-state index in [4.69, 9.17) is 9.47 Å². The average Bonchev–Trinajstić information content (AvgIpc) is 3.12. The van der Waals surface area contributed by atoms with E-state index >= 15 is 0 Å². The molecule has 0 unspecified atom stereocenters. The van der Waals surface area contributed by atoms with Gasteiger partial charge < -0.3 is 14.5 Å². The summed E-state index contributed by atoms with van der Waals surface area (Å²) in [7, 11) is 0. The molecule has 0 saturated heterocycles. The van der Waals surface area contributed by atoms with Crippen LogP contribution < -0.4 is 14.9 Å². The van der Waals surface area contributed by atoms with Crippen molar-refractivity contribution in [1.82, 2.24) is 15.4 Å². The zero-order chi connectivity index (χ0) is 20.6. The summed E-state index contributed by atoms with van der Waals surface area (Å²) >= 11 is 3.53.